The number of benzene rings is 1. The minimum absolute atomic E-state index is 0.0179. The first-order chi connectivity index (χ1) is 12.6. The predicted octanol–water partition coefficient (Wildman–Crippen LogP) is 1.28. The molecule has 2 aromatic rings. The largest absolute Gasteiger partial charge is 0.353 e. The van der Waals surface area contributed by atoms with Gasteiger partial charge in [0, 0.05) is 25.4 Å². The van der Waals surface area contributed by atoms with Gasteiger partial charge in [-0.1, -0.05) is 17.3 Å². The van der Waals surface area contributed by atoms with Gasteiger partial charge in [-0.05, 0) is 25.0 Å². The van der Waals surface area contributed by atoms with Crippen molar-refractivity contribution in [3.63, 3.8) is 0 Å². The van der Waals surface area contributed by atoms with E-state index in [2.05, 4.69) is 15.6 Å². The van der Waals surface area contributed by atoms with Gasteiger partial charge in [0.25, 0.3) is 5.91 Å². The van der Waals surface area contributed by atoms with Gasteiger partial charge in [-0.3, -0.25) is 9.59 Å². The van der Waals surface area contributed by atoms with Crippen LogP contribution in [0.1, 0.15) is 41.0 Å². The van der Waals surface area contributed by atoms with Gasteiger partial charge < -0.3 is 10.2 Å². The lowest BCUT2D eigenvalue weighted by Gasteiger charge is -2.28. The van der Waals surface area contributed by atoms with Crippen LogP contribution >= 0.6 is 0 Å². The van der Waals surface area contributed by atoms with Crippen molar-refractivity contribution >= 4 is 11.8 Å². The van der Waals surface area contributed by atoms with Crippen molar-refractivity contribution in [3.05, 3.63) is 47.0 Å². The quantitative estimate of drug-likeness (QED) is 0.874. The van der Waals surface area contributed by atoms with E-state index in [1.54, 1.807) is 21.7 Å². The summed E-state index contributed by atoms with van der Waals surface area (Å²) >= 11 is 0. The molecule has 1 fully saturated rings. The van der Waals surface area contributed by atoms with Crippen LogP contribution in [0.4, 0.5) is 4.39 Å². The molecule has 4 rings (SSSR count). The fraction of sp³-hybridized carbons (Fsp3) is 0.444. The molecular weight excluding hydrogens is 337 g/mol. The molecule has 1 saturated carbocycles. The number of fused-ring (bicyclic) bond motifs is 1. The third-order valence-corrected chi connectivity index (χ3v) is 4.76. The first kappa shape index (κ1) is 16.7. The van der Waals surface area contributed by atoms with E-state index in [0.29, 0.717) is 38.5 Å². The van der Waals surface area contributed by atoms with Crippen LogP contribution in [-0.4, -0.2) is 44.3 Å². The SMILES string of the molecule is O=C(CCc1nnn2c1CN(C(=O)c1ccccc1F)CC2)NC1CC1. The Labute approximate surface area is 150 Å². The average molecular weight is 357 g/mol. The standard InChI is InChI=1S/C18H20FN5O2/c19-14-4-2-1-3-13(14)18(26)23-9-10-24-16(11-23)15(21-22-24)7-8-17(25)20-12-5-6-12/h1-4,12H,5-11H2,(H,20,25). The fourth-order valence-electron chi connectivity index (χ4n) is 3.13. The second kappa shape index (κ2) is 6.86. The average Bonchev–Trinajstić information content (AvgIpc) is 3.36. The fourth-order valence-corrected chi connectivity index (χ4v) is 3.13. The molecule has 2 aliphatic rings. The van der Waals surface area contributed by atoms with Gasteiger partial charge in [-0.2, -0.15) is 0 Å². The number of carbonyl (C=O) groups is 2. The van der Waals surface area contributed by atoms with Gasteiger partial charge in [0.05, 0.1) is 30.0 Å². The van der Waals surface area contributed by atoms with Crippen LogP contribution in [0.2, 0.25) is 0 Å². The highest BCUT2D eigenvalue weighted by Gasteiger charge is 2.27. The molecule has 1 N–H and O–H groups in total. The molecule has 136 valence electrons. The van der Waals surface area contributed by atoms with Gasteiger partial charge >= 0.3 is 0 Å². The van der Waals surface area contributed by atoms with Gasteiger partial charge in [0.1, 0.15) is 5.82 Å². The van der Waals surface area contributed by atoms with Crippen LogP contribution in [0.25, 0.3) is 0 Å². The topological polar surface area (TPSA) is 80.1 Å². The zero-order valence-electron chi connectivity index (χ0n) is 14.3. The minimum atomic E-state index is -0.522. The Bertz CT molecular complexity index is 846. The van der Waals surface area contributed by atoms with Crippen molar-refractivity contribution in [1.29, 1.82) is 0 Å². The highest BCUT2D eigenvalue weighted by Crippen LogP contribution is 2.21. The minimum Gasteiger partial charge on any atom is -0.353 e. The number of halogens is 1. The van der Waals surface area contributed by atoms with Crippen LogP contribution in [0.3, 0.4) is 0 Å². The maximum atomic E-state index is 13.9. The number of nitrogens with zero attached hydrogens (tertiary/aromatic N) is 4. The molecular formula is C18H20FN5O2. The summed E-state index contributed by atoms with van der Waals surface area (Å²) in [4.78, 5) is 26.1. The van der Waals surface area contributed by atoms with Gasteiger partial charge in [-0.25, -0.2) is 9.07 Å². The zero-order valence-corrected chi connectivity index (χ0v) is 14.3. The van der Waals surface area contributed by atoms with Gasteiger partial charge in [-0.15, -0.1) is 5.10 Å². The lowest BCUT2D eigenvalue weighted by atomic mass is 10.1. The Morgan fingerprint density at radius 3 is 2.81 bits per heavy atom. The number of carbonyl (C=O) groups excluding carboxylic acids is 2. The Morgan fingerprint density at radius 2 is 2.04 bits per heavy atom. The Balaban J connectivity index is 1.44. The lowest BCUT2D eigenvalue weighted by molar-refractivity contribution is -0.121. The van der Waals surface area contributed by atoms with E-state index < -0.39 is 5.82 Å². The number of nitrogens with one attached hydrogen (secondary N) is 1. The lowest BCUT2D eigenvalue weighted by Crippen LogP contribution is -2.39. The van der Waals surface area contributed by atoms with E-state index in [1.165, 1.54) is 12.1 Å². The first-order valence-corrected chi connectivity index (χ1v) is 8.86. The second-order valence-electron chi connectivity index (χ2n) is 6.75. The van der Waals surface area contributed by atoms with Crippen LogP contribution in [-0.2, 0) is 24.3 Å². The Kier molecular flexibility index (Phi) is 4.40. The second-order valence-corrected chi connectivity index (χ2v) is 6.75. The maximum absolute atomic E-state index is 13.9. The summed E-state index contributed by atoms with van der Waals surface area (Å²) in [5.74, 6) is -0.844. The summed E-state index contributed by atoms with van der Waals surface area (Å²) in [6, 6.07) is 6.32. The van der Waals surface area contributed by atoms with Crippen LogP contribution in [0.15, 0.2) is 24.3 Å². The molecule has 1 aliphatic heterocycles. The summed E-state index contributed by atoms with van der Waals surface area (Å²) in [6.07, 6.45) is 2.94. The highest BCUT2D eigenvalue weighted by atomic mass is 19.1. The van der Waals surface area contributed by atoms with E-state index in [9.17, 15) is 14.0 Å². The molecule has 0 atom stereocenters. The summed E-state index contributed by atoms with van der Waals surface area (Å²) in [7, 11) is 0. The van der Waals surface area contributed by atoms with E-state index in [1.807, 2.05) is 0 Å². The first-order valence-electron chi connectivity index (χ1n) is 8.86. The van der Waals surface area contributed by atoms with Crippen molar-refractivity contribution in [2.24, 2.45) is 0 Å². The summed E-state index contributed by atoms with van der Waals surface area (Å²) in [6.45, 7) is 1.28. The molecule has 2 heterocycles. The molecule has 0 radical (unpaired) electrons. The monoisotopic (exact) mass is 357 g/mol. The number of aryl methyl sites for hydroxylation is 1. The van der Waals surface area contributed by atoms with Crippen molar-refractivity contribution < 1.29 is 14.0 Å². The molecule has 26 heavy (non-hydrogen) atoms. The number of aromatic nitrogens is 3. The third kappa shape index (κ3) is 3.44. The highest BCUT2D eigenvalue weighted by molar-refractivity contribution is 5.94. The summed E-state index contributed by atoms with van der Waals surface area (Å²) < 4.78 is 15.7. The van der Waals surface area contributed by atoms with Crippen LogP contribution in [0, 0.1) is 5.82 Å². The molecule has 0 unspecified atom stereocenters. The van der Waals surface area contributed by atoms with Crippen molar-refractivity contribution in [1.82, 2.24) is 25.2 Å². The molecule has 2 amide bonds. The molecule has 1 aromatic heterocycles. The molecule has 0 spiro atoms. The zero-order chi connectivity index (χ0) is 18.1. The van der Waals surface area contributed by atoms with E-state index in [0.717, 1.165) is 24.2 Å². The Hall–Kier alpha value is -2.77. The maximum Gasteiger partial charge on any atom is 0.257 e. The molecule has 1 aromatic carbocycles. The Morgan fingerprint density at radius 1 is 1.23 bits per heavy atom. The molecule has 7 nitrogen and oxygen atoms in total. The predicted molar refractivity (Wildman–Crippen MR) is 90.6 cm³/mol. The number of hydrogen-bond acceptors (Lipinski definition) is 4. The van der Waals surface area contributed by atoms with Crippen molar-refractivity contribution in [2.45, 2.75) is 44.8 Å². The normalized spacial score (nSPS) is 16.3. The summed E-state index contributed by atoms with van der Waals surface area (Å²) in [5.41, 5.74) is 1.61. The molecule has 1 aliphatic carbocycles. The number of hydrogen-bond donors (Lipinski definition) is 1. The number of rotatable bonds is 5. The van der Waals surface area contributed by atoms with E-state index in [-0.39, 0.29) is 17.4 Å². The van der Waals surface area contributed by atoms with Crippen molar-refractivity contribution in [2.75, 3.05) is 6.54 Å². The van der Waals surface area contributed by atoms with Crippen LogP contribution in [0.5, 0.6) is 0 Å². The molecule has 8 heteroatoms. The van der Waals surface area contributed by atoms with Gasteiger partial charge in [0.2, 0.25) is 5.91 Å². The van der Waals surface area contributed by atoms with Gasteiger partial charge in [0.15, 0.2) is 0 Å². The molecule has 0 bridgehead atoms. The number of amides is 2. The smallest absolute Gasteiger partial charge is 0.257 e. The van der Waals surface area contributed by atoms with Crippen LogP contribution < -0.4 is 5.32 Å². The van der Waals surface area contributed by atoms with E-state index in [4.69, 9.17) is 0 Å². The summed E-state index contributed by atoms with van der Waals surface area (Å²) in [5, 5.41) is 11.2. The van der Waals surface area contributed by atoms with E-state index >= 15 is 0 Å². The van der Waals surface area contributed by atoms with Crippen molar-refractivity contribution in [3.8, 4) is 0 Å². The molecule has 0 saturated heterocycles. The third-order valence-electron chi connectivity index (χ3n) is 4.76.